The number of carboxylic acid groups (broad SMARTS) is 1. The van der Waals surface area contributed by atoms with E-state index in [9.17, 15) is 14.7 Å². The van der Waals surface area contributed by atoms with Crippen LogP contribution in [-0.2, 0) is 20.7 Å². The minimum Gasteiger partial charge on any atom is -0.479 e. The summed E-state index contributed by atoms with van der Waals surface area (Å²) in [5.74, 6) is -1.58. The van der Waals surface area contributed by atoms with Gasteiger partial charge in [0.2, 0.25) is 0 Å². The van der Waals surface area contributed by atoms with E-state index in [0.717, 1.165) is 9.13 Å². The lowest BCUT2D eigenvalue weighted by Gasteiger charge is -2.10. The standard InChI is InChI=1S/C13H15IO5/c1-2-19-11(15)6-4-8-7-9(3-5-10(8)14)12(16)13(17)18/h3,5,7,12,16H,2,4,6H2,1H3,(H,17,18). The first kappa shape index (κ1) is 15.9. The van der Waals surface area contributed by atoms with Gasteiger partial charge in [-0.05, 0) is 53.1 Å². The second-order valence-corrected chi connectivity index (χ2v) is 5.06. The second kappa shape index (κ2) is 7.44. The lowest BCUT2D eigenvalue weighted by molar-refractivity contribution is -0.147. The van der Waals surface area contributed by atoms with E-state index < -0.39 is 12.1 Å². The summed E-state index contributed by atoms with van der Waals surface area (Å²) in [5, 5.41) is 18.2. The van der Waals surface area contributed by atoms with E-state index in [1.165, 1.54) is 0 Å². The number of aryl methyl sites for hydroxylation is 1. The van der Waals surface area contributed by atoms with Gasteiger partial charge in [0.25, 0.3) is 0 Å². The number of benzene rings is 1. The zero-order valence-corrected chi connectivity index (χ0v) is 12.6. The van der Waals surface area contributed by atoms with E-state index >= 15 is 0 Å². The highest BCUT2D eigenvalue weighted by molar-refractivity contribution is 14.1. The minimum atomic E-state index is -1.54. The van der Waals surface area contributed by atoms with E-state index in [2.05, 4.69) is 22.6 Å². The van der Waals surface area contributed by atoms with Gasteiger partial charge in [0, 0.05) is 9.99 Å². The maximum absolute atomic E-state index is 11.3. The van der Waals surface area contributed by atoms with Crippen molar-refractivity contribution in [2.45, 2.75) is 25.9 Å². The molecular formula is C13H15IO5. The molecule has 0 saturated carbocycles. The molecule has 0 aromatic heterocycles. The topological polar surface area (TPSA) is 83.8 Å². The molecule has 0 saturated heterocycles. The number of ether oxygens (including phenoxy) is 1. The van der Waals surface area contributed by atoms with E-state index in [4.69, 9.17) is 9.84 Å². The van der Waals surface area contributed by atoms with Crippen LogP contribution in [0, 0.1) is 3.57 Å². The number of rotatable bonds is 6. The molecule has 0 aliphatic carbocycles. The first-order valence-electron chi connectivity index (χ1n) is 5.80. The number of halogens is 1. The lowest BCUT2D eigenvalue weighted by Crippen LogP contribution is -2.11. The fourth-order valence-corrected chi connectivity index (χ4v) is 2.17. The maximum Gasteiger partial charge on any atom is 0.337 e. The lowest BCUT2D eigenvalue weighted by atomic mass is 10.0. The quantitative estimate of drug-likeness (QED) is 0.584. The van der Waals surface area contributed by atoms with E-state index in [1.54, 1.807) is 25.1 Å². The van der Waals surface area contributed by atoms with Gasteiger partial charge in [-0.2, -0.15) is 0 Å². The van der Waals surface area contributed by atoms with Crippen molar-refractivity contribution in [3.05, 3.63) is 32.9 Å². The number of carbonyl (C=O) groups excluding carboxylic acids is 1. The molecule has 2 N–H and O–H groups in total. The molecule has 1 rings (SSSR count). The third-order valence-electron chi connectivity index (χ3n) is 2.52. The van der Waals surface area contributed by atoms with Gasteiger partial charge in [0.15, 0.2) is 6.10 Å². The number of aliphatic carboxylic acids is 1. The van der Waals surface area contributed by atoms with Gasteiger partial charge in [0.1, 0.15) is 0 Å². The van der Waals surface area contributed by atoms with Crippen LogP contribution in [0.1, 0.15) is 30.6 Å². The molecule has 19 heavy (non-hydrogen) atoms. The van der Waals surface area contributed by atoms with Crippen LogP contribution in [0.25, 0.3) is 0 Å². The first-order chi connectivity index (χ1) is 8.95. The monoisotopic (exact) mass is 378 g/mol. The van der Waals surface area contributed by atoms with Gasteiger partial charge in [-0.1, -0.05) is 12.1 Å². The van der Waals surface area contributed by atoms with Crippen molar-refractivity contribution in [1.29, 1.82) is 0 Å². The van der Waals surface area contributed by atoms with Crippen LogP contribution in [0.3, 0.4) is 0 Å². The third kappa shape index (κ3) is 4.79. The Hall–Kier alpha value is -1.15. The molecule has 0 bridgehead atoms. The Morgan fingerprint density at radius 2 is 2.11 bits per heavy atom. The van der Waals surface area contributed by atoms with Gasteiger partial charge in [-0.25, -0.2) is 4.79 Å². The molecule has 1 aromatic rings. The molecule has 5 nitrogen and oxygen atoms in total. The summed E-state index contributed by atoms with van der Waals surface area (Å²) in [6, 6.07) is 4.90. The van der Waals surface area contributed by atoms with Gasteiger partial charge in [-0.3, -0.25) is 4.79 Å². The summed E-state index contributed by atoms with van der Waals surface area (Å²) in [6.45, 7) is 2.08. The van der Waals surface area contributed by atoms with Crippen LogP contribution < -0.4 is 0 Å². The zero-order chi connectivity index (χ0) is 14.4. The molecule has 0 radical (unpaired) electrons. The number of carboxylic acids is 1. The summed E-state index contributed by atoms with van der Waals surface area (Å²) in [4.78, 5) is 22.0. The predicted octanol–water partition coefficient (Wildman–Crippen LogP) is 1.90. The normalized spacial score (nSPS) is 11.9. The van der Waals surface area contributed by atoms with Crippen molar-refractivity contribution >= 4 is 34.5 Å². The fraction of sp³-hybridized carbons (Fsp3) is 0.385. The van der Waals surface area contributed by atoms with Crippen LogP contribution in [0.5, 0.6) is 0 Å². The highest BCUT2D eigenvalue weighted by atomic mass is 127. The van der Waals surface area contributed by atoms with E-state index in [0.29, 0.717) is 18.6 Å². The number of aliphatic hydroxyl groups is 1. The van der Waals surface area contributed by atoms with E-state index in [1.807, 2.05) is 0 Å². The summed E-state index contributed by atoms with van der Waals surface area (Å²) in [6.07, 6.45) is -0.855. The number of aliphatic hydroxyl groups excluding tert-OH is 1. The van der Waals surface area contributed by atoms with E-state index in [-0.39, 0.29) is 12.4 Å². The molecule has 0 spiro atoms. The molecular weight excluding hydrogens is 363 g/mol. The average Bonchev–Trinajstić information content (AvgIpc) is 2.37. The minimum absolute atomic E-state index is 0.233. The molecule has 0 aliphatic heterocycles. The summed E-state index contributed by atoms with van der Waals surface area (Å²) >= 11 is 2.10. The van der Waals surface area contributed by atoms with Crippen molar-refractivity contribution in [2.24, 2.45) is 0 Å². The Morgan fingerprint density at radius 1 is 1.42 bits per heavy atom. The zero-order valence-electron chi connectivity index (χ0n) is 10.4. The first-order valence-corrected chi connectivity index (χ1v) is 6.88. The summed E-state index contributed by atoms with van der Waals surface area (Å²) in [7, 11) is 0. The van der Waals surface area contributed by atoms with Gasteiger partial charge >= 0.3 is 11.9 Å². The molecule has 104 valence electrons. The van der Waals surface area contributed by atoms with Crippen molar-refractivity contribution in [3.8, 4) is 0 Å². The van der Waals surface area contributed by atoms with Crippen LogP contribution in [0.2, 0.25) is 0 Å². The molecule has 1 aromatic carbocycles. The Balaban J connectivity index is 2.80. The molecule has 0 fully saturated rings. The Morgan fingerprint density at radius 3 is 2.68 bits per heavy atom. The van der Waals surface area contributed by atoms with Crippen molar-refractivity contribution in [3.63, 3.8) is 0 Å². The number of hydrogen-bond donors (Lipinski definition) is 2. The van der Waals surface area contributed by atoms with Gasteiger partial charge < -0.3 is 14.9 Å². The van der Waals surface area contributed by atoms with Gasteiger partial charge in [-0.15, -0.1) is 0 Å². The SMILES string of the molecule is CCOC(=O)CCc1cc(C(O)C(=O)O)ccc1I. The maximum atomic E-state index is 11.3. The van der Waals surface area contributed by atoms with Crippen LogP contribution in [-0.4, -0.2) is 28.8 Å². The number of carbonyl (C=O) groups is 2. The number of esters is 1. The fourth-order valence-electron chi connectivity index (χ4n) is 1.57. The van der Waals surface area contributed by atoms with Crippen LogP contribution in [0.4, 0.5) is 0 Å². The molecule has 6 heteroatoms. The summed E-state index contributed by atoms with van der Waals surface area (Å²) < 4.78 is 5.75. The highest BCUT2D eigenvalue weighted by Gasteiger charge is 2.17. The highest BCUT2D eigenvalue weighted by Crippen LogP contribution is 2.21. The molecule has 1 unspecified atom stereocenters. The molecule has 1 atom stereocenters. The van der Waals surface area contributed by atoms with Crippen molar-refractivity contribution in [2.75, 3.05) is 6.61 Å². The average molecular weight is 378 g/mol. The van der Waals surface area contributed by atoms with Crippen LogP contribution in [0.15, 0.2) is 18.2 Å². The van der Waals surface area contributed by atoms with Crippen molar-refractivity contribution < 1.29 is 24.5 Å². The Labute approximate surface area is 124 Å². The third-order valence-corrected chi connectivity index (χ3v) is 3.58. The van der Waals surface area contributed by atoms with Crippen molar-refractivity contribution in [1.82, 2.24) is 0 Å². The molecule has 0 amide bonds. The smallest absolute Gasteiger partial charge is 0.337 e. The van der Waals surface area contributed by atoms with Crippen LogP contribution >= 0.6 is 22.6 Å². The molecule has 0 heterocycles. The second-order valence-electron chi connectivity index (χ2n) is 3.90. The predicted molar refractivity (Wildman–Crippen MR) is 76.7 cm³/mol. The largest absolute Gasteiger partial charge is 0.479 e. The summed E-state index contributed by atoms with van der Waals surface area (Å²) in [5.41, 5.74) is 1.14. The molecule has 0 aliphatic rings. The number of hydrogen-bond acceptors (Lipinski definition) is 4. The Bertz CT molecular complexity index is 472. The van der Waals surface area contributed by atoms with Gasteiger partial charge in [0.05, 0.1) is 6.61 Å². The Kier molecular flexibility index (Phi) is 6.23.